The molecule has 1 atom stereocenters. The number of fused-ring (bicyclic) bond motifs is 1. The van der Waals surface area contributed by atoms with Gasteiger partial charge in [-0.1, -0.05) is 23.8 Å². The minimum Gasteiger partial charge on any atom is -0.348 e. The van der Waals surface area contributed by atoms with Crippen LogP contribution in [0, 0.1) is 6.92 Å². The molecule has 0 aliphatic carbocycles. The van der Waals surface area contributed by atoms with Crippen LogP contribution in [0.3, 0.4) is 0 Å². The zero-order chi connectivity index (χ0) is 10.8. The first kappa shape index (κ1) is 10.2. The predicted octanol–water partition coefficient (Wildman–Crippen LogP) is 1.28. The van der Waals surface area contributed by atoms with Gasteiger partial charge in [-0.15, -0.1) is 0 Å². The van der Waals surface area contributed by atoms with Gasteiger partial charge in [0.05, 0.1) is 6.04 Å². The van der Waals surface area contributed by atoms with Gasteiger partial charge >= 0.3 is 0 Å². The van der Waals surface area contributed by atoms with E-state index in [1.54, 1.807) is 6.92 Å². The van der Waals surface area contributed by atoms with Crippen LogP contribution >= 0.6 is 0 Å². The van der Waals surface area contributed by atoms with Crippen LogP contribution in [0.25, 0.3) is 0 Å². The Bertz CT molecular complexity index is 387. The number of aryl methyl sites for hydroxylation is 1. The van der Waals surface area contributed by atoms with Crippen molar-refractivity contribution in [1.82, 2.24) is 10.6 Å². The molecule has 1 heterocycles. The van der Waals surface area contributed by atoms with E-state index in [0.29, 0.717) is 0 Å². The monoisotopic (exact) mass is 204 g/mol. The Morgan fingerprint density at radius 2 is 2.33 bits per heavy atom. The molecule has 3 heteroatoms. The number of hydrogen-bond acceptors (Lipinski definition) is 2. The van der Waals surface area contributed by atoms with Gasteiger partial charge in [-0.3, -0.25) is 4.79 Å². The van der Waals surface area contributed by atoms with E-state index in [0.717, 1.165) is 13.1 Å². The number of amides is 1. The Hall–Kier alpha value is -1.35. The van der Waals surface area contributed by atoms with Crippen molar-refractivity contribution < 1.29 is 4.79 Å². The molecule has 3 nitrogen and oxygen atoms in total. The number of carbonyl (C=O) groups is 1. The molecule has 1 amide bonds. The van der Waals surface area contributed by atoms with Crippen LogP contribution in [0.5, 0.6) is 0 Å². The standard InChI is InChI=1S/C12H16N2O/c1-8-3-4-10-6-13-7-12(11(10)5-8)14-9(2)15/h3-5,12-13H,6-7H2,1-2H3,(H,14,15). The van der Waals surface area contributed by atoms with Crippen molar-refractivity contribution in [1.29, 1.82) is 0 Å². The molecule has 2 N–H and O–H groups in total. The van der Waals surface area contributed by atoms with E-state index in [1.165, 1.54) is 16.7 Å². The van der Waals surface area contributed by atoms with Crippen LogP contribution in [0.2, 0.25) is 0 Å². The summed E-state index contributed by atoms with van der Waals surface area (Å²) in [4.78, 5) is 11.1. The zero-order valence-electron chi connectivity index (χ0n) is 9.13. The molecule has 1 unspecified atom stereocenters. The Kier molecular flexibility index (Phi) is 2.73. The lowest BCUT2D eigenvalue weighted by molar-refractivity contribution is -0.119. The van der Waals surface area contributed by atoms with Gasteiger partial charge in [-0.05, 0) is 18.1 Å². The molecule has 2 rings (SSSR count). The largest absolute Gasteiger partial charge is 0.348 e. The topological polar surface area (TPSA) is 41.1 Å². The summed E-state index contributed by atoms with van der Waals surface area (Å²) in [6.45, 7) is 5.35. The first-order valence-electron chi connectivity index (χ1n) is 5.24. The lowest BCUT2D eigenvalue weighted by Crippen LogP contribution is -2.38. The third kappa shape index (κ3) is 2.18. The van der Waals surface area contributed by atoms with Crippen LogP contribution in [0.15, 0.2) is 18.2 Å². The second kappa shape index (κ2) is 4.03. The molecule has 0 spiro atoms. The summed E-state index contributed by atoms with van der Waals surface area (Å²) >= 11 is 0. The molecule has 0 fully saturated rings. The Balaban J connectivity index is 2.32. The Labute approximate surface area is 89.9 Å². The van der Waals surface area contributed by atoms with Crippen LogP contribution < -0.4 is 10.6 Å². The first-order valence-corrected chi connectivity index (χ1v) is 5.24. The average molecular weight is 204 g/mol. The molecule has 1 aromatic rings. The SMILES string of the molecule is CC(=O)NC1CNCc2ccc(C)cc21. The highest BCUT2D eigenvalue weighted by Gasteiger charge is 2.20. The van der Waals surface area contributed by atoms with E-state index in [1.807, 2.05) is 0 Å². The summed E-state index contributed by atoms with van der Waals surface area (Å²) in [6.07, 6.45) is 0. The number of carbonyl (C=O) groups excluding carboxylic acids is 1. The maximum Gasteiger partial charge on any atom is 0.217 e. The van der Waals surface area contributed by atoms with Gasteiger partial charge < -0.3 is 10.6 Å². The Morgan fingerprint density at radius 3 is 3.07 bits per heavy atom. The molecule has 15 heavy (non-hydrogen) atoms. The summed E-state index contributed by atoms with van der Waals surface area (Å²) in [5.41, 5.74) is 3.78. The van der Waals surface area contributed by atoms with Gasteiger partial charge in [0, 0.05) is 20.0 Å². The fourth-order valence-electron chi connectivity index (χ4n) is 2.04. The molecular formula is C12H16N2O. The van der Waals surface area contributed by atoms with Crippen molar-refractivity contribution in [3.05, 3.63) is 34.9 Å². The predicted molar refractivity (Wildman–Crippen MR) is 59.4 cm³/mol. The molecule has 1 aliphatic heterocycles. The molecule has 0 aromatic heterocycles. The lowest BCUT2D eigenvalue weighted by Gasteiger charge is -2.27. The third-order valence-electron chi connectivity index (χ3n) is 2.72. The third-order valence-corrected chi connectivity index (χ3v) is 2.72. The molecule has 1 aliphatic rings. The maximum atomic E-state index is 11.1. The average Bonchev–Trinajstić information content (AvgIpc) is 2.18. The van der Waals surface area contributed by atoms with Crippen LogP contribution in [0.4, 0.5) is 0 Å². The van der Waals surface area contributed by atoms with E-state index in [9.17, 15) is 4.79 Å². The summed E-state index contributed by atoms with van der Waals surface area (Å²) < 4.78 is 0. The fourth-order valence-corrected chi connectivity index (χ4v) is 2.04. The van der Waals surface area contributed by atoms with Gasteiger partial charge in [0.1, 0.15) is 0 Å². The minimum atomic E-state index is 0.0242. The van der Waals surface area contributed by atoms with E-state index < -0.39 is 0 Å². The van der Waals surface area contributed by atoms with Crippen molar-refractivity contribution in [2.45, 2.75) is 26.4 Å². The van der Waals surface area contributed by atoms with Crippen LogP contribution in [-0.4, -0.2) is 12.5 Å². The smallest absolute Gasteiger partial charge is 0.217 e. The number of hydrogen-bond donors (Lipinski definition) is 2. The highest BCUT2D eigenvalue weighted by molar-refractivity contribution is 5.73. The van der Waals surface area contributed by atoms with E-state index in [4.69, 9.17) is 0 Å². The number of rotatable bonds is 1. The van der Waals surface area contributed by atoms with E-state index >= 15 is 0 Å². The highest BCUT2D eigenvalue weighted by atomic mass is 16.1. The lowest BCUT2D eigenvalue weighted by atomic mass is 9.95. The van der Waals surface area contributed by atoms with Crippen molar-refractivity contribution in [2.75, 3.05) is 6.54 Å². The second-order valence-corrected chi connectivity index (χ2v) is 4.09. The normalized spacial score (nSPS) is 19.5. The molecular weight excluding hydrogens is 188 g/mol. The first-order chi connectivity index (χ1) is 7.16. The van der Waals surface area contributed by atoms with Crippen LogP contribution in [0.1, 0.15) is 29.7 Å². The molecule has 80 valence electrons. The minimum absolute atomic E-state index is 0.0242. The van der Waals surface area contributed by atoms with Crippen molar-refractivity contribution in [3.8, 4) is 0 Å². The van der Waals surface area contributed by atoms with Crippen molar-refractivity contribution >= 4 is 5.91 Å². The second-order valence-electron chi connectivity index (χ2n) is 4.09. The quantitative estimate of drug-likeness (QED) is 0.723. The van der Waals surface area contributed by atoms with Gasteiger partial charge in [0.25, 0.3) is 0 Å². The van der Waals surface area contributed by atoms with E-state index in [-0.39, 0.29) is 11.9 Å². The number of nitrogens with one attached hydrogen (secondary N) is 2. The molecule has 0 saturated heterocycles. The van der Waals surface area contributed by atoms with Gasteiger partial charge in [0.2, 0.25) is 5.91 Å². The highest BCUT2D eigenvalue weighted by Crippen LogP contribution is 2.22. The summed E-state index contributed by atoms with van der Waals surface area (Å²) in [5, 5.41) is 6.26. The van der Waals surface area contributed by atoms with Crippen molar-refractivity contribution in [3.63, 3.8) is 0 Å². The maximum absolute atomic E-state index is 11.1. The zero-order valence-corrected chi connectivity index (χ0v) is 9.13. The van der Waals surface area contributed by atoms with Gasteiger partial charge in [-0.2, -0.15) is 0 Å². The molecule has 1 aromatic carbocycles. The molecule has 0 saturated carbocycles. The Morgan fingerprint density at radius 1 is 1.53 bits per heavy atom. The molecule has 0 bridgehead atoms. The van der Waals surface area contributed by atoms with Gasteiger partial charge in [-0.25, -0.2) is 0 Å². The summed E-state index contributed by atoms with van der Waals surface area (Å²) in [6, 6.07) is 6.52. The summed E-state index contributed by atoms with van der Waals surface area (Å²) in [5.74, 6) is 0.0242. The number of benzene rings is 1. The van der Waals surface area contributed by atoms with Gasteiger partial charge in [0.15, 0.2) is 0 Å². The van der Waals surface area contributed by atoms with E-state index in [2.05, 4.69) is 35.8 Å². The van der Waals surface area contributed by atoms with Crippen molar-refractivity contribution in [2.24, 2.45) is 0 Å². The summed E-state index contributed by atoms with van der Waals surface area (Å²) in [7, 11) is 0. The fraction of sp³-hybridized carbons (Fsp3) is 0.417. The van der Waals surface area contributed by atoms with Crippen LogP contribution in [-0.2, 0) is 11.3 Å². The molecule has 0 radical (unpaired) electrons.